The summed E-state index contributed by atoms with van der Waals surface area (Å²) in [4.78, 5) is 42.7. The molecule has 28 heavy (non-hydrogen) atoms. The fourth-order valence-electron chi connectivity index (χ4n) is 4.38. The van der Waals surface area contributed by atoms with E-state index in [9.17, 15) is 14.4 Å². The van der Waals surface area contributed by atoms with Gasteiger partial charge in [0, 0.05) is 31.9 Å². The number of carbonyl (C=O) groups is 3. The topological polar surface area (TPSA) is 82.2 Å². The van der Waals surface area contributed by atoms with Crippen LogP contribution in [0.5, 0.6) is 5.75 Å². The van der Waals surface area contributed by atoms with Gasteiger partial charge in [-0.25, -0.2) is 4.79 Å². The van der Waals surface area contributed by atoms with E-state index in [2.05, 4.69) is 10.2 Å². The number of hydrogen-bond acceptors (Lipinski definition) is 5. The van der Waals surface area contributed by atoms with Crippen LogP contribution in [0.2, 0.25) is 0 Å². The molecule has 1 N–H and O–H groups in total. The molecule has 0 aromatic heterocycles. The maximum Gasteiger partial charge on any atom is 0.325 e. The summed E-state index contributed by atoms with van der Waals surface area (Å²) in [7, 11) is 1.64. The minimum atomic E-state index is -0.759. The minimum absolute atomic E-state index is 0.172. The molecule has 2 aliphatic heterocycles. The lowest BCUT2D eigenvalue weighted by atomic mass is 9.98. The van der Waals surface area contributed by atoms with Gasteiger partial charge in [-0.15, -0.1) is 0 Å². The Morgan fingerprint density at radius 1 is 1.07 bits per heavy atom. The molecule has 8 heteroatoms. The number of carbonyl (C=O) groups excluding carboxylic acids is 3. The summed E-state index contributed by atoms with van der Waals surface area (Å²) in [6, 6.07) is 7.42. The van der Waals surface area contributed by atoms with Gasteiger partial charge in [0.25, 0.3) is 5.91 Å². The van der Waals surface area contributed by atoms with Gasteiger partial charge >= 0.3 is 6.03 Å². The molecular weight excluding hydrogens is 360 g/mol. The number of benzene rings is 1. The van der Waals surface area contributed by atoms with Gasteiger partial charge in [-0.3, -0.25) is 14.5 Å². The lowest BCUT2D eigenvalue weighted by molar-refractivity contribution is -0.139. The Hall–Kier alpha value is -2.77. The molecule has 3 fully saturated rings. The van der Waals surface area contributed by atoms with Crippen LogP contribution in [0.4, 0.5) is 10.5 Å². The smallest absolute Gasteiger partial charge is 0.325 e. The van der Waals surface area contributed by atoms with Crippen molar-refractivity contribution in [3.63, 3.8) is 0 Å². The minimum Gasteiger partial charge on any atom is -0.497 e. The fourth-order valence-corrected chi connectivity index (χ4v) is 4.38. The Kier molecular flexibility index (Phi) is 4.87. The first kappa shape index (κ1) is 18.6. The number of rotatable bonds is 4. The number of nitrogens with zero attached hydrogens (tertiary/aromatic N) is 3. The molecule has 1 saturated carbocycles. The maximum atomic E-state index is 12.7. The predicted molar refractivity (Wildman–Crippen MR) is 103 cm³/mol. The third-order valence-corrected chi connectivity index (χ3v) is 6.07. The number of hydrogen-bond donors (Lipinski definition) is 1. The van der Waals surface area contributed by atoms with E-state index in [1.807, 2.05) is 24.3 Å². The zero-order valence-electron chi connectivity index (χ0n) is 16.1. The lowest BCUT2D eigenvalue weighted by Gasteiger charge is -2.36. The van der Waals surface area contributed by atoms with Crippen molar-refractivity contribution in [3.8, 4) is 5.75 Å². The molecule has 1 aliphatic carbocycles. The van der Waals surface area contributed by atoms with Crippen LogP contribution in [0.1, 0.15) is 25.7 Å². The van der Waals surface area contributed by atoms with Crippen molar-refractivity contribution in [2.45, 2.75) is 31.2 Å². The SMILES string of the molecule is COc1ccc(N2CCN(C(=O)CN3C(=O)NC4(CCCC4)C3=O)CC2)cc1. The van der Waals surface area contributed by atoms with Crippen molar-refractivity contribution < 1.29 is 19.1 Å². The standard InChI is InChI=1S/C20H26N4O4/c1-28-16-6-4-15(5-7-16)22-10-12-23(13-11-22)17(25)14-24-18(26)20(21-19(24)27)8-2-3-9-20/h4-7H,2-3,8-14H2,1H3,(H,21,27). The van der Waals surface area contributed by atoms with E-state index in [0.717, 1.165) is 29.2 Å². The zero-order valence-corrected chi connectivity index (χ0v) is 16.1. The summed E-state index contributed by atoms with van der Waals surface area (Å²) in [6.07, 6.45) is 3.20. The molecule has 4 amide bonds. The number of methoxy groups -OCH3 is 1. The lowest BCUT2D eigenvalue weighted by Crippen LogP contribution is -2.52. The van der Waals surface area contributed by atoms with Crippen LogP contribution in [0, 0.1) is 0 Å². The van der Waals surface area contributed by atoms with Gasteiger partial charge in [0.2, 0.25) is 5.91 Å². The van der Waals surface area contributed by atoms with Crippen LogP contribution in [-0.4, -0.2) is 73.0 Å². The molecule has 0 bridgehead atoms. The molecule has 2 heterocycles. The van der Waals surface area contributed by atoms with Gasteiger partial charge in [-0.05, 0) is 37.1 Å². The van der Waals surface area contributed by atoms with Gasteiger partial charge in [-0.2, -0.15) is 0 Å². The van der Waals surface area contributed by atoms with Crippen LogP contribution >= 0.6 is 0 Å². The number of piperazine rings is 1. The molecule has 0 unspecified atom stereocenters. The van der Waals surface area contributed by atoms with Crippen LogP contribution in [0.25, 0.3) is 0 Å². The number of anilines is 1. The van der Waals surface area contributed by atoms with Crippen LogP contribution in [-0.2, 0) is 9.59 Å². The molecule has 8 nitrogen and oxygen atoms in total. The van der Waals surface area contributed by atoms with Crippen LogP contribution in [0.15, 0.2) is 24.3 Å². The second-order valence-corrected chi connectivity index (χ2v) is 7.68. The molecule has 2 saturated heterocycles. The monoisotopic (exact) mass is 386 g/mol. The highest BCUT2D eigenvalue weighted by molar-refractivity contribution is 6.09. The van der Waals surface area contributed by atoms with Crippen molar-refractivity contribution in [2.24, 2.45) is 0 Å². The number of nitrogens with one attached hydrogen (secondary N) is 1. The third kappa shape index (κ3) is 3.27. The van der Waals surface area contributed by atoms with Crippen molar-refractivity contribution in [1.82, 2.24) is 15.1 Å². The number of amides is 4. The van der Waals surface area contributed by atoms with E-state index < -0.39 is 11.6 Å². The normalized spacial score (nSPS) is 21.4. The second-order valence-electron chi connectivity index (χ2n) is 7.68. The summed E-state index contributed by atoms with van der Waals surface area (Å²) >= 11 is 0. The maximum absolute atomic E-state index is 12.7. The molecule has 150 valence electrons. The molecule has 1 aromatic carbocycles. The Morgan fingerprint density at radius 3 is 2.32 bits per heavy atom. The molecule has 1 spiro atoms. The van der Waals surface area contributed by atoms with E-state index >= 15 is 0 Å². The van der Waals surface area contributed by atoms with E-state index in [-0.39, 0.29) is 18.4 Å². The van der Waals surface area contributed by atoms with Gasteiger partial charge in [0.05, 0.1) is 7.11 Å². The predicted octanol–water partition coefficient (Wildman–Crippen LogP) is 1.21. The number of urea groups is 1. The summed E-state index contributed by atoms with van der Waals surface area (Å²) in [5.41, 5.74) is 0.329. The van der Waals surface area contributed by atoms with E-state index in [4.69, 9.17) is 4.74 Å². The van der Waals surface area contributed by atoms with Crippen molar-refractivity contribution in [3.05, 3.63) is 24.3 Å². The first-order valence-corrected chi connectivity index (χ1v) is 9.83. The zero-order chi connectivity index (χ0) is 19.7. The van der Waals surface area contributed by atoms with Crippen LogP contribution in [0.3, 0.4) is 0 Å². The quantitative estimate of drug-likeness (QED) is 0.787. The second kappa shape index (κ2) is 7.33. The van der Waals surface area contributed by atoms with Crippen molar-refractivity contribution in [1.29, 1.82) is 0 Å². The first-order chi connectivity index (χ1) is 13.5. The van der Waals surface area contributed by atoms with Gasteiger partial charge in [0.1, 0.15) is 17.8 Å². The fraction of sp³-hybridized carbons (Fsp3) is 0.550. The van der Waals surface area contributed by atoms with Gasteiger partial charge in [0.15, 0.2) is 0 Å². The summed E-state index contributed by atoms with van der Waals surface area (Å²) in [5.74, 6) is 0.402. The summed E-state index contributed by atoms with van der Waals surface area (Å²) in [5, 5.41) is 2.82. The molecular formula is C20H26N4O4. The van der Waals surface area contributed by atoms with E-state index in [1.165, 1.54) is 0 Å². The average molecular weight is 386 g/mol. The largest absolute Gasteiger partial charge is 0.497 e. The highest BCUT2D eigenvalue weighted by Gasteiger charge is 2.52. The number of ether oxygens (including phenoxy) is 1. The molecule has 1 aromatic rings. The highest BCUT2D eigenvalue weighted by Crippen LogP contribution is 2.35. The van der Waals surface area contributed by atoms with E-state index in [0.29, 0.717) is 39.0 Å². The Balaban J connectivity index is 1.33. The van der Waals surface area contributed by atoms with Gasteiger partial charge in [-0.1, -0.05) is 12.8 Å². The molecule has 4 rings (SSSR count). The number of imide groups is 1. The molecule has 0 radical (unpaired) electrons. The molecule has 3 aliphatic rings. The van der Waals surface area contributed by atoms with E-state index in [1.54, 1.807) is 12.0 Å². The third-order valence-electron chi connectivity index (χ3n) is 6.07. The average Bonchev–Trinajstić information content (AvgIpc) is 3.29. The molecule has 0 atom stereocenters. The Morgan fingerprint density at radius 2 is 1.71 bits per heavy atom. The summed E-state index contributed by atoms with van der Waals surface area (Å²) in [6.45, 7) is 2.39. The van der Waals surface area contributed by atoms with Crippen LogP contribution < -0.4 is 15.0 Å². The Bertz CT molecular complexity index is 765. The summed E-state index contributed by atoms with van der Waals surface area (Å²) < 4.78 is 5.18. The van der Waals surface area contributed by atoms with Gasteiger partial charge < -0.3 is 19.9 Å². The first-order valence-electron chi connectivity index (χ1n) is 9.83. The highest BCUT2D eigenvalue weighted by atomic mass is 16.5. The van der Waals surface area contributed by atoms with Crippen molar-refractivity contribution >= 4 is 23.5 Å². The van der Waals surface area contributed by atoms with Crippen molar-refractivity contribution in [2.75, 3.05) is 44.7 Å². The Labute approximate surface area is 164 Å².